The second kappa shape index (κ2) is 11.6. The van der Waals surface area contributed by atoms with Gasteiger partial charge >= 0.3 is 5.97 Å². The molecule has 1 N–H and O–H groups in total. The molecule has 0 unspecified atom stereocenters. The van der Waals surface area contributed by atoms with Gasteiger partial charge < -0.3 is 19.5 Å². The van der Waals surface area contributed by atoms with Crippen LogP contribution in [0.3, 0.4) is 0 Å². The molecule has 6 nitrogen and oxygen atoms in total. The highest BCUT2D eigenvalue weighted by Gasteiger charge is 2.07. The first-order valence-electron chi connectivity index (χ1n) is 9.10. The molecule has 2 aromatic carbocycles. The van der Waals surface area contributed by atoms with E-state index >= 15 is 0 Å². The van der Waals surface area contributed by atoms with Crippen molar-refractivity contribution in [3.63, 3.8) is 0 Å². The van der Waals surface area contributed by atoms with Gasteiger partial charge in [-0.2, -0.15) is 0 Å². The van der Waals surface area contributed by atoms with Gasteiger partial charge in [0.2, 0.25) is 5.91 Å². The third-order valence-corrected chi connectivity index (χ3v) is 3.69. The van der Waals surface area contributed by atoms with E-state index in [1.807, 2.05) is 24.3 Å². The summed E-state index contributed by atoms with van der Waals surface area (Å²) in [6, 6.07) is 14.0. The standard InChI is InChI=1S/C22H25NO5/c1-3-14-27-20-11-4-17(5-12-20)6-13-21(24)23-19-9-7-18(8-10-19)22(25)28-16-15-26-2/h4-13H,3,14-16H2,1-2H3,(H,23,24)/b13-6+. The van der Waals surface area contributed by atoms with Gasteiger partial charge in [0, 0.05) is 18.9 Å². The normalized spacial score (nSPS) is 10.6. The fourth-order valence-electron chi connectivity index (χ4n) is 2.24. The first-order chi connectivity index (χ1) is 13.6. The monoisotopic (exact) mass is 383 g/mol. The average molecular weight is 383 g/mol. The minimum Gasteiger partial charge on any atom is -0.494 e. The molecule has 1 amide bonds. The largest absolute Gasteiger partial charge is 0.494 e. The summed E-state index contributed by atoms with van der Waals surface area (Å²) in [5.41, 5.74) is 1.90. The van der Waals surface area contributed by atoms with Crippen LogP contribution >= 0.6 is 0 Å². The molecule has 0 aliphatic heterocycles. The fraction of sp³-hybridized carbons (Fsp3) is 0.273. The summed E-state index contributed by atoms with van der Waals surface area (Å²) >= 11 is 0. The molecule has 0 saturated heterocycles. The molecule has 2 rings (SSSR count). The third-order valence-electron chi connectivity index (χ3n) is 3.69. The predicted octanol–water partition coefficient (Wildman–Crippen LogP) is 3.93. The van der Waals surface area contributed by atoms with E-state index in [1.54, 1.807) is 30.3 Å². The van der Waals surface area contributed by atoms with Crippen LogP contribution in [0, 0.1) is 0 Å². The van der Waals surface area contributed by atoms with Crippen LogP contribution in [0.15, 0.2) is 54.6 Å². The van der Waals surface area contributed by atoms with E-state index in [2.05, 4.69) is 12.2 Å². The average Bonchev–Trinajstić information content (AvgIpc) is 2.72. The van der Waals surface area contributed by atoms with Gasteiger partial charge in [-0.3, -0.25) is 4.79 Å². The van der Waals surface area contributed by atoms with E-state index in [0.29, 0.717) is 24.5 Å². The minimum atomic E-state index is -0.429. The van der Waals surface area contributed by atoms with E-state index in [4.69, 9.17) is 14.2 Å². The summed E-state index contributed by atoms with van der Waals surface area (Å²) < 4.78 is 15.4. The lowest BCUT2D eigenvalue weighted by Crippen LogP contribution is -2.11. The first kappa shape index (κ1) is 21.2. The van der Waals surface area contributed by atoms with Gasteiger partial charge in [0.15, 0.2) is 0 Å². The van der Waals surface area contributed by atoms with Crippen molar-refractivity contribution in [2.24, 2.45) is 0 Å². The van der Waals surface area contributed by atoms with Crippen molar-refractivity contribution >= 4 is 23.6 Å². The zero-order valence-electron chi connectivity index (χ0n) is 16.1. The van der Waals surface area contributed by atoms with E-state index in [1.165, 1.54) is 13.2 Å². The number of nitrogens with one attached hydrogen (secondary N) is 1. The molecule has 2 aromatic rings. The maximum Gasteiger partial charge on any atom is 0.338 e. The molecule has 0 aliphatic rings. The van der Waals surface area contributed by atoms with Gasteiger partial charge in [-0.25, -0.2) is 4.79 Å². The van der Waals surface area contributed by atoms with Gasteiger partial charge in [-0.15, -0.1) is 0 Å². The molecule has 0 radical (unpaired) electrons. The smallest absolute Gasteiger partial charge is 0.338 e. The number of hydrogen-bond acceptors (Lipinski definition) is 5. The van der Waals surface area contributed by atoms with Crippen LogP contribution in [-0.2, 0) is 14.3 Å². The lowest BCUT2D eigenvalue weighted by atomic mass is 10.2. The summed E-state index contributed by atoms with van der Waals surface area (Å²) in [7, 11) is 1.54. The number of hydrogen-bond donors (Lipinski definition) is 1. The van der Waals surface area contributed by atoms with Crippen molar-refractivity contribution in [2.45, 2.75) is 13.3 Å². The van der Waals surface area contributed by atoms with Crippen LogP contribution in [0.2, 0.25) is 0 Å². The Morgan fingerprint density at radius 3 is 2.32 bits per heavy atom. The molecule has 0 aromatic heterocycles. The summed E-state index contributed by atoms with van der Waals surface area (Å²) in [6.45, 7) is 3.28. The minimum absolute atomic E-state index is 0.199. The predicted molar refractivity (Wildman–Crippen MR) is 108 cm³/mol. The van der Waals surface area contributed by atoms with E-state index in [9.17, 15) is 9.59 Å². The number of carbonyl (C=O) groups is 2. The zero-order chi connectivity index (χ0) is 20.2. The lowest BCUT2D eigenvalue weighted by Gasteiger charge is -2.06. The molecule has 0 bridgehead atoms. The van der Waals surface area contributed by atoms with E-state index in [0.717, 1.165) is 17.7 Å². The molecule has 28 heavy (non-hydrogen) atoms. The number of anilines is 1. The van der Waals surface area contributed by atoms with Crippen LogP contribution in [0.1, 0.15) is 29.3 Å². The zero-order valence-corrected chi connectivity index (χ0v) is 16.1. The highest BCUT2D eigenvalue weighted by molar-refractivity contribution is 6.02. The number of amides is 1. The summed E-state index contributed by atoms with van der Waals surface area (Å²) in [4.78, 5) is 23.9. The molecule has 0 aliphatic carbocycles. The van der Waals surface area contributed by atoms with Gasteiger partial charge in [0.05, 0.1) is 18.8 Å². The number of ether oxygens (including phenoxy) is 3. The first-order valence-corrected chi connectivity index (χ1v) is 9.10. The Balaban J connectivity index is 1.85. The molecular formula is C22H25NO5. The Morgan fingerprint density at radius 1 is 0.964 bits per heavy atom. The Kier molecular flexibility index (Phi) is 8.75. The van der Waals surface area contributed by atoms with Crippen LogP contribution < -0.4 is 10.1 Å². The van der Waals surface area contributed by atoms with Crippen molar-refractivity contribution in [3.05, 3.63) is 65.7 Å². The quantitative estimate of drug-likeness (QED) is 0.382. The maximum absolute atomic E-state index is 12.1. The van der Waals surface area contributed by atoms with Crippen molar-refractivity contribution in [1.29, 1.82) is 0 Å². The van der Waals surface area contributed by atoms with Gasteiger partial charge in [-0.05, 0) is 54.5 Å². The van der Waals surface area contributed by atoms with Crippen molar-refractivity contribution in [2.75, 3.05) is 32.2 Å². The van der Waals surface area contributed by atoms with Gasteiger partial charge in [0.25, 0.3) is 0 Å². The number of esters is 1. The Hall–Kier alpha value is -3.12. The Labute approximate surface area is 165 Å². The second-order valence-corrected chi connectivity index (χ2v) is 5.95. The molecule has 6 heteroatoms. The summed E-state index contributed by atoms with van der Waals surface area (Å²) in [5, 5.41) is 2.75. The van der Waals surface area contributed by atoms with Gasteiger partial charge in [0.1, 0.15) is 12.4 Å². The number of methoxy groups -OCH3 is 1. The lowest BCUT2D eigenvalue weighted by molar-refractivity contribution is -0.111. The number of carbonyl (C=O) groups excluding carboxylic acids is 2. The van der Waals surface area contributed by atoms with Crippen molar-refractivity contribution in [1.82, 2.24) is 0 Å². The highest BCUT2D eigenvalue weighted by Crippen LogP contribution is 2.14. The van der Waals surface area contributed by atoms with E-state index in [-0.39, 0.29) is 12.5 Å². The fourth-order valence-corrected chi connectivity index (χ4v) is 2.24. The van der Waals surface area contributed by atoms with Crippen LogP contribution in [0.25, 0.3) is 6.08 Å². The Bertz CT molecular complexity index is 782. The summed E-state index contributed by atoms with van der Waals surface area (Å²) in [6.07, 6.45) is 4.13. The number of rotatable bonds is 10. The van der Waals surface area contributed by atoms with Crippen LogP contribution in [-0.4, -0.2) is 38.8 Å². The molecular weight excluding hydrogens is 358 g/mol. The Morgan fingerprint density at radius 2 is 1.68 bits per heavy atom. The molecule has 0 saturated carbocycles. The highest BCUT2D eigenvalue weighted by atomic mass is 16.6. The van der Waals surface area contributed by atoms with Crippen LogP contribution in [0.5, 0.6) is 5.75 Å². The molecule has 0 atom stereocenters. The SMILES string of the molecule is CCCOc1ccc(/C=C/C(=O)Nc2ccc(C(=O)OCCOC)cc2)cc1. The summed E-state index contributed by atoms with van der Waals surface area (Å²) in [5.74, 6) is 0.118. The molecule has 0 fully saturated rings. The van der Waals surface area contributed by atoms with Crippen LogP contribution in [0.4, 0.5) is 5.69 Å². The number of benzene rings is 2. The van der Waals surface area contributed by atoms with Crippen molar-refractivity contribution in [3.8, 4) is 5.75 Å². The van der Waals surface area contributed by atoms with Gasteiger partial charge in [-0.1, -0.05) is 19.1 Å². The molecule has 0 heterocycles. The second-order valence-electron chi connectivity index (χ2n) is 5.95. The topological polar surface area (TPSA) is 73.9 Å². The van der Waals surface area contributed by atoms with Crippen molar-refractivity contribution < 1.29 is 23.8 Å². The van der Waals surface area contributed by atoms with E-state index < -0.39 is 5.97 Å². The maximum atomic E-state index is 12.1. The third kappa shape index (κ3) is 7.25. The molecule has 148 valence electrons. The molecule has 0 spiro atoms.